The van der Waals surface area contributed by atoms with E-state index in [1.807, 2.05) is 30.3 Å². The van der Waals surface area contributed by atoms with E-state index < -0.39 is 0 Å². The van der Waals surface area contributed by atoms with Crippen LogP contribution in [-0.2, 0) is 6.54 Å². The highest BCUT2D eigenvalue weighted by atomic mass is 79.9. The lowest BCUT2D eigenvalue weighted by Gasteiger charge is -2.08. The Kier molecular flexibility index (Phi) is 4.71. The molecule has 0 unspecified atom stereocenters. The molecule has 2 rings (SSSR count). The molecule has 5 heteroatoms. The Bertz CT molecular complexity index is 650. The minimum atomic E-state index is 0.449. The zero-order valence-corrected chi connectivity index (χ0v) is 12.9. The van der Waals surface area contributed by atoms with Gasteiger partial charge in [0.25, 0.3) is 0 Å². The number of nitrogens with one attached hydrogen (secondary N) is 1. The van der Waals surface area contributed by atoms with Crippen molar-refractivity contribution in [3.05, 3.63) is 62.0 Å². The first-order chi connectivity index (χ1) is 9.10. The number of hydrogen-bond acceptors (Lipinski definition) is 2. The van der Waals surface area contributed by atoms with Gasteiger partial charge in [-0.25, -0.2) is 0 Å². The lowest BCUT2D eigenvalue weighted by atomic mass is 10.2. The third kappa shape index (κ3) is 3.63. The van der Waals surface area contributed by atoms with Gasteiger partial charge in [-0.3, -0.25) is 0 Å². The molecule has 0 fully saturated rings. The van der Waals surface area contributed by atoms with E-state index in [9.17, 15) is 0 Å². The van der Waals surface area contributed by atoms with E-state index in [-0.39, 0.29) is 0 Å². The van der Waals surface area contributed by atoms with Gasteiger partial charge in [-0.2, -0.15) is 5.26 Å². The van der Waals surface area contributed by atoms with Crippen molar-refractivity contribution in [2.75, 3.05) is 5.32 Å². The summed E-state index contributed by atoms with van der Waals surface area (Å²) in [6.07, 6.45) is 0. The Morgan fingerprint density at radius 1 is 1.11 bits per heavy atom. The molecule has 0 atom stereocenters. The summed E-state index contributed by atoms with van der Waals surface area (Å²) in [6, 6.07) is 13.0. The molecule has 2 aromatic rings. The summed E-state index contributed by atoms with van der Waals surface area (Å²) in [5, 5.41) is 13.2. The predicted molar refractivity (Wildman–Crippen MR) is 82.6 cm³/mol. The van der Waals surface area contributed by atoms with Gasteiger partial charge in [-0.05, 0) is 51.8 Å². The van der Waals surface area contributed by atoms with Gasteiger partial charge in [-0.1, -0.05) is 29.3 Å². The molecule has 0 spiro atoms. The van der Waals surface area contributed by atoms with E-state index in [0.29, 0.717) is 22.2 Å². The summed E-state index contributed by atoms with van der Waals surface area (Å²) in [5.41, 5.74) is 2.44. The van der Waals surface area contributed by atoms with Gasteiger partial charge >= 0.3 is 0 Å². The van der Waals surface area contributed by atoms with Gasteiger partial charge in [0.05, 0.1) is 15.6 Å². The van der Waals surface area contributed by atoms with Crippen LogP contribution in [0.4, 0.5) is 5.69 Å². The molecule has 0 saturated heterocycles. The van der Waals surface area contributed by atoms with Crippen LogP contribution < -0.4 is 5.32 Å². The van der Waals surface area contributed by atoms with Gasteiger partial charge in [0.15, 0.2) is 0 Å². The van der Waals surface area contributed by atoms with Crippen LogP contribution in [-0.4, -0.2) is 0 Å². The molecule has 19 heavy (non-hydrogen) atoms. The molecule has 0 amide bonds. The van der Waals surface area contributed by atoms with Gasteiger partial charge in [0.1, 0.15) is 6.07 Å². The maximum atomic E-state index is 8.80. The third-order valence-electron chi connectivity index (χ3n) is 2.57. The fourth-order valence-corrected chi connectivity index (χ4v) is 2.34. The van der Waals surface area contributed by atoms with Gasteiger partial charge in [0.2, 0.25) is 0 Å². The highest BCUT2D eigenvalue weighted by molar-refractivity contribution is 9.10. The van der Waals surface area contributed by atoms with E-state index in [4.69, 9.17) is 28.5 Å². The van der Waals surface area contributed by atoms with E-state index in [2.05, 4.69) is 21.2 Å². The highest BCUT2D eigenvalue weighted by Gasteiger charge is 2.02. The first-order valence-corrected chi connectivity index (χ1v) is 7.02. The summed E-state index contributed by atoms with van der Waals surface area (Å²) < 4.78 is 0.867. The largest absolute Gasteiger partial charge is 0.381 e. The number of nitriles is 1. The highest BCUT2D eigenvalue weighted by Crippen LogP contribution is 2.24. The fourth-order valence-electron chi connectivity index (χ4n) is 1.57. The average Bonchev–Trinajstić information content (AvgIpc) is 2.40. The number of nitrogens with zero attached hydrogens (tertiary/aromatic N) is 1. The normalized spacial score (nSPS) is 10.0. The molecule has 0 bridgehead atoms. The second-order valence-corrected chi connectivity index (χ2v) is 5.58. The number of hydrogen-bond donors (Lipinski definition) is 1. The number of anilines is 1. The van der Waals surface area contributed by atoms with Crippen molar-refractivity contribution in [2.24, 2.45) is 0 Å². The maximum Gasteiger partial charge on any atom is 0.101 e. The molecule has 0 heterocycles. The minimum Gasteiger partial charge on any atom is -0.381 e. The Hall–Kier alpha value is -1.21. The second-order valence-electron chi connectivity index (χ2n) is 3.91. The summed E-state index contributed by atoms with van der Waals surface area (Å²) in [4.78, 5) is 0. The molecule has 0 aromatic heterocycles. The van der Waals surface area contributed by atoms with Crippen LogP contribution in [0, 0.1) is 11.3 Å². The van der Waals surface area contributed by atoms with Crippen molar-refractivity contribution >= 4 is 44.8 Å². The standard InChI is InChI=1S/C14H9BrCl2N2/c15-12-5-9(1-4-13(12)16)8-19-11-3-2-10(7-18)14(17)6-11/h1-6,19H,8H2. The van der Waals surface area contributed by atoms with Gasteiger partial charge in [-0.15, -0.1) is 0 Å². The van der Waals surface area contributed by atoms with Gasteiger partial charge in [0, 0.05) is 16.7 Å². The molecular weight excluding hydrogens is 347 g/mol. The zero-order chi connectivity index (χ0) is 13.8. The van der Waals surface area contributed by atoms with E-state index in [0.717, 1.165) is 15.7 Å². The number of benzene rings is 2. The lowest BCUT2D eigenvalue weighted by Crippen LogP contribution is -1.99. The van der Waals surface area contributed by atoms with E-state index >= 15 is 0 Å². The molecule has 0 aliphatic carbocycles. The van der Waals surface area contributed by atoms with Crippen LogP contribution in [0.25, 0.3) is 0 Å². The molecule has 2 aromatic carbocycles. The Balaban J connectivity index is 2.08. The first kappa shape index (κ1) is 14.2. The molecule has 0 aliphatic heterocycles. The van der Waals surface area contributed by atoms with Crippen LogP contribution in [0.1, 0.15) is 11.1 Å². The smallest absolute Gasteiger partial charge is 0.101 e. The van der Waals surface area contributed by atoms with E-state index in [1.54, 1.807) is 12.1 Å². The monoisotopic (exact) mass is 354 g/mol. The van der Waals surface area contributed by atoms with E-state index in [1.165, 1.54) is 0 Å². The number of halogens is 3. The molecule has 2 nitrogen and oxygen atoms in total. The van der Waals surface area contributed by atoms with Crippen molar-refractivity contribution < 1.29 is 0 Å². The molecule has 0 aliphatic rings. The quantitative estimate of drug-likeness (QED) is 0.817. The second kappa shape index (κ2) is 6.29. The first-order valence-electron chi connectivity index (χ1n) is 5.47. The summed E-state index contributed by atoms with van der Waals surface area (Å²) in [5.74, 6) is 0. The minimum absolute atomic E-state index is 0.449. The van der Waals surface area contributed by atoms with Crippen molar-refractivity contribution in [3.63, 3.8) is 0 Å². The number of rotatable bonds is 3. The van der Waals surface area contributed by atoms with Crippen molar-refractivity contribution in [2.45, 2.75) is 6.54 Å². The van der Waals surface area contributed by atoms with Crippen LogP contribution >= 0.6 is 39.1 Å². The summed E-state index contributed by atoms with van der Waals surface area (Å²) >= 11 is 15.3. The fraction of sp³-hybridized carbons (Fsp3) is 0.0714. The molecular formula is C14H9BrCl2N2. The summed E-state index contributed by atoms with van der Waals surface area (Å²) in [6.45, 7) is 0.651. The predicted octanol–water partition coefficient (Wildman–Crippen LogP) is 5.24. The third-order valence-corrected chi connectivity index (χ3v) is 4.10. The van der Waals surface area contributed by atoms with Gasteiger partial charge < -0.3 is 5.32 Å². The van der Waals surface area contributed by atoms with Crippen LogP contribution in [0.5, 0.6) is 0 Å². The Labute approximate surface area is 130 Å². The topological polar surface area (TPSA) is 35.8 Å². The average molecular weight is 356 g/mol. The Morgan fingerprint density at radius 3 is 2.53 bits per heavy atom. The maximum absolute atomic E-state index is 8.80. The lowest BCUT2D eigenvalue weighted by molar-refractivity contribution is 1.15. The molecule has 0 saturated carbocycles. The molecule has 0 radical (unpaired) electrons. The molecule has 1 N–H and O–H groups in total. The van der Waals surface area contributed by atoms with Crippen LogP contribution in [0.3, 0.4) is 0 Å². The SMILES string of the molecule is N#Cc1ccc(NCc2ccc(Cl)c(Br)c2)cc1Cl. The van der Waals surface area contributed by atoms with Crippen LogP contribution in [0.15, 0.2) is 40.9 Å². The zero-order valence-electron chi connectivity index (χ0n) is 9.75. The van der Waals surface area contributed by atoms with Crippen molar-refractivity contribution in [1.82, 2.24) is 0 Å². The summed E-state index contributed by atoms with van der Waals surface area (Å²) in [7, 11) is 0. The van der Waals surface area contributed by atoms with Crippen LogP contribution in [0.2, 0.25) is 10.0 Å². The van der Waals surface area contributed by atoms with Crippen molar-refractivity contribution in [3.8, 4) is 6.07 Å². The Morgan fingerprint density at radius 2 is 1.89 bits per heavy atom. The van der Waals surface area contributed by atoms with Crippen molar-refractivity contribution in [1.29, 1.82) is 5.26 Å². The molecule has 96 valence electrons.